The lowest BCUT2D eigenvalue weighted by Crippen LogP contribution is -2.38. The highest BCUT2D eigenvalue weighted by Gasteiger charge is 2.37. The number of aldehydes is 2. The first kappa shape index (κ1) is 15.8. The summed E-state index contributed by atoms with van der Waals surface area (Å²) < 4.78 is 32.2. The summed E-state index contributed by atoms with van der Waals surface area (Å²) >= 11 is 0. The molecule has 0 N–H and O–H groups in total. The topological polar surface area (TPSA) is 43.4 Å². The van der Waals surface area contributed by atoms with E-state index in [4.69, 9.17) is 4.74 Å². The lowest BCUT2D eigenvalue weighted by atomic mass is 9.76. The average Bonchev–Trinajstić information content (AvgIpc) is 2.54. The molecule has 0 fully saturated rings. The van der Waals surface area contributed by atoms with Gasteiger partial charge in [0.2, 0.25) is 0 Å². The third kappa shape index (κ3) is 2.88. The summed E-state index contributed by atoms with van der Waals surface area (Å²) in [4.78, 5) is 22.5. The largest absolute Gasteiger partial charge is 0.375 e. The summed E-state index contributed by atoms with van der Waals surface area (Å²) in [5, 5.41) is 0. The molecular formula is C16H18F2O3. The molecule has 2 aliphatic rings. The van der Waals surface area contributed by atoms with Crippen molar-refractivity contribution < 1.29 is 23.1 Å². The van der Waals surface area contributed by atoms with E-state index in [9.17, 15) is 18.4 Å². The van der Waals surface area contributed by atoms with Crippen LogP contribution in [-0.2, 0) is 14.3 Å². The Morgan fingerprint density at radius 3 is 2.62 bits per heavy atom. The van der Waals surface area contributed by atoms with Crippen LogP contribution in [-0.4, -0.2) is 32.0 Å². The maximum atomic E-state index is 13.7. The Labute approximate surface area is 122 Å². The Morgan fingerprint density at radius 1 is 1.29 bits per heavy atom. The second kappa shape index (κ2) is 6.43. The predicted octanol–water partition coefficient (Wildman–Crippen LogP) is 3.16. The smallest absolute Gasteiger partial charge is 0.153 e. The molecule has 0 spiro atoms. The Kier molecular flexibility index (Phi) is 4.83. The van der Waals surface area contributed by atoms with Gasteiger partial charge in [-0.2, -0.15) is 0 Å². The number of rotatable bonds is 5. The fourth-order valence-corrected chi connectivity index (χ4v) is 3.03. The van der Waals surface area contributed by atoms with Gasteiger partial charge in [0.1, 0.15) is 24.4 Å². The molecule has 1 unspecified atom stereocenters. The zero-order valence-electron chi connectivity index (χ0n) is 12.0. The van der Waals surface area contributed by atoms with Crippen LogP contribution in [0.1, 0.15) is 32.1 Å². The summed E-state index contributed by atoms with van der Waals surface area (Å²) in [6.07, 6.45) is 4.51. The first-order valence-corrected chi connectivity index (χ1v) is 6.94. The molecule has 2 rings (SSSR count). The van der Waals surface area contributed by atoms with Gasteiger partial charge in [-0.3, -0.25) is 9.59 Å². The van der Waals surface area contributed by atoms with Crippen LogP contribution in [0.5, 0.6) is 0 Å². The number of hydrogen-bond donors (Lipinski definition) is 0. The summed E-state index contributed by atoms with van der Waals surface area (Å²) in [7, 11) is 1.42. The second-order valence-electron chi connectivity index (χ2n) is 5.42. The van der Waals surface area contributed by atoms with E-state index < -0.39 is 18.1 Å². The maximum absolute atomic E-state index is 13.7. The van der Waals surface area contributed by atoms with Crippen molar-refractivity contribution >= 4 is 12.6 Å². The third-order valence-corrected chi connectivity index (χ3v) is 4.33. The lowest BCUT2D eigenvalue weighted by molar-refractivity contribution is -0.107. The molecule has 0 aliphatic heterocycles. The standard InChI is InChI=1S/C16H18F2O3/c1-21-16(10-17)6-5-12(11(7-16)8-19)13-3-2-4-15(18)14(13)9-20/h4,8-9H,2-3,5-7,10H2,1H3. The number of alkyl halides is 1. The van der Waals surface area contributed by atoms with Crippen molar-refractivity contribution in [1.82, 2.24) is 0 Å². The van der Waals surface area contributed by atoms with Crippen molar-refractivity contribution in [2.24, 2.45) is 0 Å². The van der Waals surface area contributed by atoms with E-state index in [2.05, 4.69) is 0 Å². The van der Waals surface area contributed by atoms with E-state index in [0.717, 1.165) is 0 Å². The van der Waals surface area contributed by atoms with Crippen molar-refractivity contribution in [3.63, 3.8) is 0 Å². The van der Waals surface area contributed by atoms with E-state index in [-0.39, 0.29) is 12.0 Å². The number of carbonyl (C=O) groups is 2. The third-order valence-electron chi connectivity index (χ3n) is 4.33. The monoisotopic (exact) mass is 296 g/mol. The van der Waals surface area contributed by atoms with Gasteiger partial charge in [-0.1, -0.05) is 0 Å². The zero-order chi connectivity index (χ0) is 15.5. The van der Waals surface area contributed by atoms with Gasteiger partial charge in [0, 0.05) is 13.5 Å². The van der Waals surface area contributed by atoms with Crippen LogP contribution in [0.3, 0.4) is 0 Å². The van der Waals surface area contributed by atoms with Crippen LogP contribution in [0.2, 0.25) is 0 Å². The van der Waals surface area contributed by atoms with E-state index in [1.54, 1.807) is 0 Å². The number of methoxy groups -OCH3 is 1. The highest BCUT2D eigenvalue weighted by molar-refractivity contribution is 5.85. The Bertz CT molecular complexity index is 540. The quantitative estimate of drug-likeness (QED) is 0.732. The van der Waals surface area contributed by atoms with Crippen molar-refractivity contribution in [3.05, 3.63) is 34.2 Å². The summed E-state index contributed by atoms with van der Waals surface area (Å²) in [5.41, 5.74) is 0.697. The van der Waals surface area contributed by atoms with Gasteiger partial charge in [-0.15, -0.1) is 0 Å². The summed E-state index contributed by atoms with van der Waals surface area (Å²) in [5.74, 6) is -0.543. The van der Waals surface area contributed by atoms with Crippen molar-refractivity contribution in [2.45, 2.75) is 37.7 Å². The number of halogens is 2. The Hall–Kier alpha value is -1.62. The molecule has 0 saturated carbocycles. The van der Waals surface area contributed by atoms with Crippen molar-refractivity contribution in [3.8, 4) is 0 Å². The molecule has 0 bridgehead atoms. The number of carbonyl (C=O) groups excluding carboxylic acids is 2. The molecule has 0 amide bonds. The number of hydrogen-bond acceptors (Lipinski definition) is 3. The molecular weight excluding hydrogens is 278 g/mol. The van der Waals surface area contributed by atoms with E-state index in [1.807, 2.05) is 0 Å². The van der Waals surface area contributed by atoms with Crippen molar-refractivity contribution in [1.29, 1.82) is 0 Å². The average molecular weight is 296 g/mol. The van der Waals surface area contributed by atoms with Gasteiger partial charge < -0.3 is 4.74 Å². The van der Waals surface area contributed by atoms with Gasteiger partial charge in [0.25, 0.3) is 0 Å². The SMILES string of the molecule is COC1(CF)CCC(C2=C(C=O)C(F)=CCC2)=C(C=O)C1. The molecule has 21 heavy (non-hydrogen) atoms. The molecule has 0 radical (unpaired) electrons. The fraction of sp³-hybridized carbons (Fsp3) is 0.500. The molecule has 2 aliphatic carbocycles. The van der Waals surface area contributed by atoms with Gasteiger partial charge >= 0.3 is 0 Å². The van der Waals surface area contributed by atoms with Gasteiger partial charge in [0.05, 0.1) is 5.57 Å². The minimum atomic E-state index is -0.981. The summed E-state index contributed by atoms with van der Waals surface area (Å²) in [6.45, 7) is -0.679. The number of allylic oxidation sites excluding steroid dienone is 5. The van der Waals surface area contributed by atoms with Crippen LogP contribution in [0.15, 0.2) is 34.2 Å². The Morgan fingerprint density at radius 2 is 2.05 bits per heavy atom. The molecule has 0 aromatic heterocycles. The maximum Gasteiger partial charge on any atom is 0.153 e. The molecule has 0 aromatic rings. The molecule has 0 saturated heterocycles. The first-order chi connectivity index (χ1) is 10.1. The fourth-order valence-electron chi connectivity index (χ4n) is 3.03. The van der Waals surface area contributed by atoms with Gasteiger partial charge in [-0.05, 0) is 48.5 Å². The minimum absolute atomic E-state index is 0.0146. The van der Waals surface area contributed by atoms with Crippen molar-refractivity contribution in [2.75, 3.05) is 13.8 Å². The lowest BCUT2D eigenvalue weighted by Gasteiger charge is -2.36. The summed E-state index contributed by atoms with van der Waals surface area (Å²) in [6, 6.07) is 0. The first-order valence-electron chi connectivity index (χ1n) is 6.94. The normalized spacial score (nSPS) is 26.7. The molecule has 1 atom stereocenters. The van der Waals surface area contributed by atoms with Crippen LogP contribution in [0, 0.1) is 0 Å². The molecule has 3 nitrogen and oxygen atoms in total. The second-order valence-corrected chi connectivity index (χ2v) is 5.42. The molecule has 5 heteroatoms. The molecule has 0 heterocycles. The minimum Gasteiger partial charge on any atom is -0.375 e. The van der Waals surface area contributed by atoms with E-state index in [1.165, 1.54) is 13.2 Å². The van der Waals surface area contributed by atoms with Crippen LogP contribution in [0.4, 0.5) is 8.78 Å². The highest BCUT2D eigenvalue weighted by Crippen LogP contribution is 2.41. The Balaban J connectivity index is 2.47. The van der Waals surface area contributed by atoms with Gasteiger partial charge in [-0.25, -0.2) is 8.78 Å². The molecule has 114 valence electrons. The van der Waals surface area contributed by atoms with Crippen LogP contribution >= 0.6 is 0 Å². The van der Waals surface area contributed by atoms with Crippen LogP contribution in [0.25, 0.3) is 0 Å². The zero-order valence-corrected chi connectivity index (χ0v) is 12.0. The van der Waals surface area contributed by atoms with E-state index >= 15 is 0 Å². The van der Waals surface area contributed by atoms with Crippen LogP contribution < -0.4 is 0 Å². The molecule has 0 aromatic carbocycles. The predicted molar refractivity (Wildman–Crippen MR) is 74.2 cm³/mol. The highest BCUT2D eigenvalue weighted by atomic mass is 19.1. The number of ether oxygens (including phenoxy) is 1. The van der Waals surface area contributed by atoms with E-state index in [0.29, 0.717) is 55.0 Å². The van der Waals surface area contributed by atoms with Gasteiger partial charge in [0.15, 0.2) is 6.29 Å².